The molecule has 2 rings (SSSR count). The SMILES string of the molecule is C=Cc1cn(C2OC(CO)C(F)(F)C2F)c(=O)nc1N. The number of aromatic nitrogens is 2. The zero-order valence-electron chi connectivity index (χ0n) is 10.2. The Morgan fingerprint density at radius 3 is 2.80 bits per heavy atom. The van der Waals surface area contributed by atoms with Crippen molar-refractivity contribution < 1.29 is 23.0 Å². The van der Waals surface area contributed by atoms with Gasteiger partial charge in [0, 0.05) is 11.8 Å². The normalized spacial score (nSPS) is 28.5. The first-order valence-electron chi connectivity index (χ1n) is 5.62. The number of aliphatic hydroxyl groups is 1. The number of aliphatic hydroxyl groups excluding tert-OH is 1. The third kappa shape index (κ3) is 2.08. The van der Waals surface area contributed by atoms with Gasteiger partial charge in [-0.05, 0) is 0 Å². The van der Waals surface area contributed by atoms with E-state index in [0.29, 0.717) is 4.57 Å². The monoisotopic (exact) mass is 291 g/mol. The molecule has 1 aromatic heterocycles. The lowest BCUT2D eigenvalue weighted by atomic mass is 10.1. The van der Waals surface area contributed by atoms with E-state index in [0.717, 1.165) is 6.20 Å². The Hall–Kier alpha value is -1.87. The fourth-order valence-electron chi connectivity index (χ4n) is 1.90. The number of nitrogen functional groups attached to an aromatic ring is 1. The van der Waals surface area contributed by atoms with Crippen molar-refractivity contribution in [2.45, 2.75) is 24.4 Å². The van der Waals surface area contributed by atoms with Crippen molar-refractivity contribution in [2.75, 3.05) is 12.3 Å². The molecule has 3 N–H and O–H groups in total. The molecule has 0 amide bonds. The van der Waals surface area contributed by atoms with Crippen molar-refractivity contribution in [1.82, 2.24) is 9.55 Å². The molecule has 1 aliphatic rings. The summed E-state index contributed by atoms with van der Waals surface area (Å²) in [6, 6.07) is 0. The Bertz CT molecular complexity index is 590. The zero-order valence-corrected chi connectivity index (χ0v) is 10.2. The predicted molar refractivity (Wildman–Crippen MR) is 63.8 cm³/mol. The average Bonchev–Trinajstić information content (AvgIpc) is 2.61. The van der Waals surface area contributed by atoms with Gasteiger partial charge >= 0.3 is 11.6 Å². The minimum atomic E-state index is -3.91. The van der Waals surface area contributed by atoms with Crippen LogP contribution in [0.4, 0.5) is 19.0 Å². The van der Waals surface area contributed by atoms with Gasteiger partial charge in [-0.1, -0.05) is 12.7 Å². The summed E-state index contributed by atoms with van der Waals surface area (Å²) in [5.41, 5.74) is 4.57. The quantitative estimate of drug-likeness (QED) is 0.837. The molecule has 3 atom stereocenters. The smallest absolute Gasteiger partial charge is 0.351 e. The Balaban J connectivity index is 2.48. The molecule has 0 bridgehead atoms. The fraction of sp³-hybridized carbons (Fsp3) is 0.455. The number of nitrogens with zero attached hydrogens (tertiary/aromatic N) is 2. The van der Waals surface area contributed by atoms with Crippen molar-refractivity contribution in [3.63, 3.8) is 0 Å². The summed E-state index contributed by atoms with van der Waals surface area (Å²) < 4.78 is 46.0. The van der Waals surface area contributed by atoms with Gasteiger partial charge in [0.15, 0.2) is 6.23 Å². The van der Waals surface area contributed by atoms with E-state index in [-0.39, 0.29) is 11.4 Å². The molecule has 1 fully saturated rings. The van der Waals surface area contributed by atoms with Crippen LogP contribution in [0.3, 0.4) is 0 Å². The van der Waals surface area contributed by atoms with E-state index in [1.807, 2.05) is 0 Å². The summed E-state index contributed by atoms with van der Waals surface area (Å²) in [6.45, 7) is 2.34. The standard InChI is InChI=1S/C11H12F3N3O3/c1-2-5-3-17(10(19)16-8(5)15)9-7(12)11(13,14)6(4-18)20-9/h2-3,6-7,9,18H,1,4H2,(H2,15,16,19). The second-order valence-electron chi connectivity index (χ2n) is 4.25. The second kappa shape index (κ2) is 4.91. The number of halogens is 3. The van der Waals surface area contributed by atoms with Crippen LogP contribution >= 0.6 is 0 Å². The van der Waals surface area contributed by atoms with Crippen LogP contribution < -0.4 is 11.4 Å². The van der Waals surface area contributed by atoms with Crippen molar-refractivity contribution in [3.8, 4) is 0 Å². The molecular formula is C11H12F3N3O3. The summed E-state index contributed by atoms with van der Waals surface area (Å²) in [4.78, 5) is 15.0. The number of hydrogen-bond donors (Lipinski definition) is 2. The molecular weight excluding hydrogens is 279 g/mol. The number of hydrogen-bond acceptors (Lipinski definition) is 5. The van der Waals surface area contributed by atoms with Gasteiger partial charge in [-0.25, -0.2) is 18.0 Å². The van der Waals surface area contributed by atoms with Gasteiger partial charge < -0.3 is 15.6 Å². The number of ether oxygens (including phenoxy) is 1. The van der Waals surface area contributed by atoms with E-state index in [4.69, 9.17) is 15.6 Å². The average molecular weight is 291 g/mol. The van der Waals surface area contributed by atoms with Gasteiger partial charge in [-0.15, -0.1) is 0 Å². The second-order valence-corrected chi connectivity index (χ2v) is 4.25. The highest BCUT2D eigenvalue weighted by Crippen LogP contribution is 2.42. The molecule has 0 spiro atoms. The number of rotatable bonds is 3. The third-order valence-electron chi connectivity index (χ3n) is 3.02. The molecule has 9 heteroatoms. The number of anilines is 1. The van der Waals surface area contributed by atoms with Gasteiger partial charge in [-0.3, -0.25) is 4.57 Å². The molecule has 20 heavy (non-hydrogen) atoms. The minimum absolute atomic E-state index is 0.153. The van der Waals surface area contributed by atoms with E-state index < -0.39 is 36.7 Å². The van der Waals surface area contributed by atoms with E-state index in [1.165, 1.54) is 6.08 Å². The van der Waals surface area contributed by atoms with Gasteiger partial charge in [0.05, 0.1) is 6.61 Å². The zero-order chi connectivity index (χ0) is 15.1. The van der Waals surface area contributed by atoms with Gasteiger partial charge in [0.25, 0.3) is 0 Å². The summed E-state index contributed by atoms with van der Waals surface area (Å²) in [6.07, 6.45) is -4.44. The first kappa shape index (κ1) is 14.5. The van der Waals surface area contributed by atoms with Crippen LogP contribution in [0.1, 0.15) is 11.8 Å². The van der Waals surface area contributed by atoms with Crippen LogP contribution in [0, 0.1) is 0 Å². The highest BCUT2D eigenvalue weighted by atomic mass is 19.3. The van der Waals surface area contributed by atoms with E-state index in [1.54, 1.807) is 0 Å². The fourth-order valence-corrected chi connectivity index (χ4v) is 1.90. The van der Waals surface area contributed by atoms with Crippen LogP contribution in [-0.2, 0) is 4.74 Å². The Morgan fingerprint density at radius 2 is 2.30 bits per heavy atom. The maximum atomic E-state index is 13.8. The Kier molecular flexibility index (Phi) is 3.57. The van der Waals surface area contributed by atoms with E-state index in [2.05, 4.69) is 11.6 Å². The summed E-state index contributed by atoms with van der Waals surface area (Å²) in [5.74, 6) is -4.06. The van der Waals surface area contributed by atoms with Crippen LogP contribution in [0.2, 0.25) is 0 Å². The summed E-state index contributed by atoms with van der Waals surface area (Å²) >= 11 is 0. The van der Waals surface area contributed by atoms with E-state index in [9.17, 15) is 18.0 Å². The molecule has 6 nitrogen and oxygen atoms in total. The predicted octanol–water partition coefficient (Wildman–Crippen LogP) is 0.332. The lowest BCUT2D eigenvalue weighted by molar-refractivity contribution is -0.111. The van der Waals surface area contributed by atoms with Gasteiger partial charge in [0.1, 0.15) is 11.9 Å². The lowest BCUT2D eigenvalue weighted by Gasteiger charge is -2.17. The summed E-state index contributed by atoms with van der Waals surface area (Å²) in [7, 11) is 0. The van der Waals surface area contributed by atoms with Crippen LogP contribution in [0.5, 0.6) is 0 Å². The molecule has 2 heterocycles. The molecule has 1 aliphatic heterocycles. The highest BCUT2D eigenvalue weighted by molar-refractivity contribution is 5.57. The van der Waals surface area contributed by atoms with Crippen molar-refractivity contribution in [1.29, 1.82) is 0 Å². The topological polar surface area (TPSA) is 90.4 Å². The van der Waals surface area contributed by atoms with Crippen LogP contribution in [0.15, 0.2) is 17.6 Å². The molecule has 1 saturated heterocycles. The molecule has 1 aromatic rings. The molecule has 3 unspecified atom stereocenters. The van der Waals surface area contributed by atoms with Crippen LogP contribution in [-0.4, -0.2) is 39.5 Å². The Labute approximate surface area is 111 Å². The molecule has 0 radical (unpaired) electrons. The van der Waals surface area contributed by atoms with Crippen molar-refractivity contribution in [3.05, 3.63) is 28.8 Å². The van der Waals surface area contributed by atoms with Crippen molar-refractivity contribution in [2.24, 2.45) is 0 Å². The maximum absolute atomic E-state index is 13.8. The van der Waals surface area contributed by atoms with Gasteiger partial charge in [-0.2, -0.15) is 4.98 Å². The lowest BCUT2D eigenvalue weighted by Crippen LogP contribution is -2.39. The Morgan fingerprint density at radius 1 is 1.65 bits per heavy atom. The van der Waals surface area contributed by atoms with Gasteiger partial charge in [0.2, 0.25) is 6.17 Å². The van der Waals surface area contributed by atoms with Crippen LogP contribution in [0.25, 0.3) is 6.08 Å². The first-order chi connectivity index (χ1) is 9.32. The number of nitrogens with two attached hydrogens (primary N) is 1. The summed E-state index contributed by atoms with van der Waals surface area (Å²) in [5, 5.41) is 8.79. The molecule has 110 valence electrons. The van der Waals surface area contributed by atoms with E-state index >= 15 is 0 Å². The largest absolute Gasteiger partial charge is 0.393 e. The highest BCUT2D eigenvalue weighted by Gasteiger charge is 2.60. The molecule has 0 aromatic carbocycles. The minimum Gasteiger partial charge on any atom is -0.393 e. The first-order valence-corrected chi connectivity index (χ1v) is 5.62. The molecule has 0 aliphatic carbocycles. The third-order valence-corrected chi connectivity index (χ3v) is 3.02. The maximum Gasteiger partial charge on any atom is 0.351 e. The van der Waals surface area contributed by atoms with Crippen molar-refractivity contribution >= 4 is 11.9 Å². The number of alkyl halides is 3. The molecule has 0 saturated carbocycles.